The molecule has 1 saturated heterocycles. The Kier molecular flexibility index (Phi) is 4.35. The lowest BCUT2D eigenvalue weighted by molar-refractivity contribution is 0.0841. The van der Waals surface area contributed by atoms with Crippen LogP contribution in [-0.2, 0) is 0 Å². The normalized spacial score (nSPS) is 22.1. The highest BCUT2D eigenvalue weighted by Gasteiger charge is 2.36. The standard InChI is InChI=1S/C20H20N2O5/c23-13-9-14(24)18-15(25)10-16(11-5-2-1-3-6-11)27-19(18)17(13)12-7-4-8-21-20(26)22-12/h1-3,5-6,9,12,16,23-24H,4,7-8,10H2,(H2,21,22,26)/t12-,16+/m1/s1. The van der Waals surface area contributed by atoms with Crippen LogP contribution >= 0.6 is 0 Å². The Morgan fingerprint density at radius 3 is 2.63 bits per heavy atom. The molecular weight excluding hydrogens is 348 g/mol. The molecule has 2 amide bonds. The van der Waals surface area contributed by atoms with Gasteiger partial charge in [0, 0.05) is 12.6 Å². The van der Waals surface area contributed by atoms with E-state index in [1.807, 2.05) is 30.3 Å². The third kappa shape index (κ3) is 3.16. The Morgan fingerprint density at radius 2 is 1.85 bits per heavy atom. The van der Waals surface area contributed by atoms with Gasteiger partial charge in [-0.05, 0) is 18.4 Å². The third-order valence-corrected chi connectivity index (χ3v) is 4.97. The molecule has 7 heteroatoms. The fraction of sp³-hybridized carbons (Fsp3) is 0.300. The molecule has 0 saturated carbocycles. The van der Waals surface area contributed by atoms with E-state index in [9.17, 15) is 19.8 Å². The highest BCUT2D eigenvalue weighted by molar-refractivity contribution is 6.03. The Morgan fingerprint density at radius 1 is 1.07 bits per heavy atom. The molecule has 0 spiro atoms. The van der Waals surface area contributed by atoms with Crippen LogP contribution in [0.1, 0.15) is 52.9 Å². The Balaban J connectivity index is 1.81. The molecule has 0 aliphatic carbocycles. The largest absolute Gasteiger partial charge is 0.507 e. The van der Waals surface area contributed by atoms with Crippen LogP contribution in [0, 0.1) is 0 Å². The van der Waals surface area contributed by atoms with Crippen molar-refractivity contribution in [3.05, 3.63) is 53.1 Å². The molecule has 27 heavy (non-hydrogen) atoms. The first-order chi connectivity index (χ1) is 13.0. The van der Waals surface area contributed by atoms with E-state index in [-0.39, 0.29) is 41.0 Å². The summed E-state index contributed by atoms with van der Waals surface area (Å²) in [5.74, 6) is -0.646. The summed E-state index contributed by atoms with van der Waals surface area (Å²) in [6, 6.07) is 9.59. The van der Waals surface area contributed by atoms with Gasteiger partial charge in [0.15, 0.2) is 5.78 Å². The first-order valence-corrected chi connectivity index (χ1v) is 8.92. The van der Waals surface area contributed by atoms with Crippen molar-refractivity contribution in [2.24, 2.45) is 0 Å². The number of urea groups is 1. The number of carbonyl (C=O) groups is 2. The number of rotatable bonds is 2. The molecule has 0 unspecified atom stereocenters. The Hall–Kier alpha value is -3.22. The average molecular weight is 368 g/mol. The predicted molar refractivity (Wildman–Crippen MR) is 97.0 cm³/mol. The van der Waals surface area contributed by atoms with Gasteiger partial charge in [-0.2, -0.15) is 0 Å². The smallest absolute Gasteiger partial charge is 0.315 e. The zero-order valence-corrected chi connectivity index (χ0v) is 14.6. The van der Waals surface area contributed by atoms with Gasteiger partial charge < -0.3 is 25.6 Å². The number of amides is 2. The van der Waals surface area contributed by atoms with Crippen LogP contribution < -0.4 is 15.4 Å². The summed E-state index contributed by atoms with van der Waals surface area (Å²) in [4.78, 5) is 24.6. The van der Waals surface area contributed by atoms with Crippen molar-refractivity contribution < 1.29 is 24.5 Å². The lowest BCUT2D eigenvalue weighted by atomic mass is 9.90. The van der Waals surface area contributed by atoms with Crippen molar-refractivity contribution in [1.82, 2.24) is 10.6 Å². The summed E-state index contributed by atoms with van der Waals surface area (Å²) >= 11 is 0. The number of aromatic hydroxyl groups is 2. The molecular formula is C20H20N2O5. The molecule has 4 N–H and O–H groups in total. The maximum Gasteiger partial charge on any atom is 0.315 e. The molecule has 4 rings (SSSR count). The molecule has 0 radical (unpaired) electrons. The third-order valence-electron chi connectivity index (χ3n) is 4.97. The Labute approximate surface area is 156 Å². The molecule has 2 heterocycles. The lowest BCUT2D eigenvalue weighted by Gasteiger charge is -2.30. The fourth-order valence-corrected chi connectivity index (χ4v) is 3.69. The van der Waals surface area contributed by atoms with Gasteiger partial charge in [0.05, 0.1) is 18.0 Å². The van der Waals surface area contributed by atoms with E-state index >= 15 is 0 Å². The maximum absolute atomic E-state index is 12.7. The quantitative estimate of drug-likeness (QED) is 0.652. The van der Waals surface area contributed by atoms with Crippen LogP contribution in [0.2, 0.25) is 0 Å². The van der Waals surface area contributed by atoms with Gasteiger partial charge in [0.1, 0.15) is 28.9 Å². The number of phenolic OH excluding ortho intramolecular Hbond substituents is 2. The van der Waals surface area contributed by atoms with Gasteiger partial charge in [-0.3, -0.25) is 4.79 Å². The average Bonchev–Trinajstić information content (AvgIpc) is 2.86. The first kappa shape index (κ1) is 17.2. The number of phenols is 2. The molecule has 2 aliphatic heterocycles. The molecule has 0 bridgehead atoms. The molecule has 7 nitrogen and oxygen atoms in total. The van der Waals surface area contributed by atoms with E-state index in [0.29, 0.717) is 24.9 Å². The minimum atomic E-state index is -0.524. The van der Waals surface area contributed by atoms with Crippen molar-refractivity contribution >= 4 is 11.8 Å². The molecule has 2 aliphatic rings. The molecule has 2 atom stereocenters. The van der Waals surface area contributed by atoms with E-state index in [2.05, 4.69) is 10.6 Å². The van der Waals surface area contributed by atoms with Gasteiger partial charge in [0.2, 0.25) is 0 Å². The van der Waals surface area contributed by atoms with Crippen molar-refractivity contribution in [2.45, 2.75) is 31.4 Å². The van der Waals surface area contributed by atoms with Gasteiger partial charge in [0.25, 0.3) is 0 Å². The zero-order chi connectivity index (χ0) is 19.0. The van der Waals surface area contributed by atoms with Crippen molar-refractivity contribution in [3.63, 3.8) is 0 Å². The second kappa shape index (κ2) is 6.83. The second-order valence-electron chi connectivity index (χ2n) is 6.77. The minimum Gasteiger partial charge on any atom is -0.507 e. The van der Waals surface area contributed by atoms with Gasteiger partial charge in [-0.25, -0.2) is 4.79 Å². The molecule has 2 aromatic carbocycles. The number of carbonyl (C=O) groups excluding carboxylic acids is 2. The number of benzene rings is 2. The minimum absolute atomic E-state index is 0.0569. The van der Waals surface area contributed by atoms with Crippen LogP contribution in [-0.4, -0.2) is 28.6 Å². The number of hydrogen-bond acceptors (Lipinski definition) is 5. The zero-order valence-electron chi connectivity index (χ0n) is 14.6. The number of nitrogens with one attached hydrogen (secondary N) is 2. The summed E-state index contributed by atoms with van der Waals surface area (Å²) < 4.78 is 6.10. The van der Waals surface area contributed by atoms with Crippen molar-refractivity contribution in [2.75, 3.05) is 6.54 Å². The summed E-state index contributed by atoms with van der Waals surface area (Å²) in [5.41, 5.74) is 1.21. The van der Waals surface area contributed by atoms with E-state index in [4.69, 9.17) is 4.74 Å². The van der Waals surface area contributed by atoms with Gasteiger partial charge >= 0.3 is 6.03 Å². The van der Waals surface area contributed by atoms with Crippen molar-refractivity contribution in [3.8, 4) is 17.2 Å². The van der Waals surface area contributed by atoms with Crippen LogP contribution in [0.25, 0.3) is 0 Å². The first-order valence-electron chi connectivity index (χ1n) is 8.92. The van der Waals surface area contributed by atoms with Crippen LogP contribution in [0.3, 0.4) is 0 Å². The monoisotopic (exact) mass is 368 g/mol. The molecule has 0 aromatic heterocycles. The van der Waals surface area contributed by atoms with Gasteiger partial charge in [-0.15, -0.1) is 0 Å². The highest BCUT2D eigenvalue weighted by Crippen LogP contribution is 2.48. The topological polar surface area (TPSA) is 108 Å². The summed E-state index contributed by atoms with van der Waals surface area (Å²) in [6.07, 6.45) is 0.838. The van der Waals surface area contributed by atoms with Crippen molar-refractivity contribution in [1.29, 1.82) is 0 Å². The van der Waals surface area contributed by atoms with Gasteiger partial charge in [-0.1, -0.05) is 30.3 Å². The summed E-state index contributed by atoms with van der Waals surface area (Å²) in [6.45, 7) is 0.524. The van der Waals surface area contributed by atoms with E-state index in [1.54, 1.807) is 0 Å². The second-order valence-corrected chi connectivity index (χ2v) is 6.77. The molecule has 1 fully saturated rings. The Bertz CT molecular complexity index is 897. The van der Waals surface area contributed by atoms with E-state index < -0.39 is 12.1 Å². The number of Topliss-reactive ketones (excluding diaryl/α,β-unsaturated/α-hetero) is 1. The molecule has 2 aromatic rings. The van der Waals surface area contributed by atoms with E-state index in [1.165, 1.54) is 0 Å². The molecule has 140 valence electrons. The number of ether oxygens (including phenoxy) is 1. The fourth-order valence-electron chi connectivity index (χ4n) is 3.69. The maximum atomic E-state index is 12.7. The number of fused-ring (bicyclic) bond motifs is 1. The SMILES string of the molecule is O=C1NCCC[C@H](c2c(O)cc(O)c3c2O[C@H](c2ccccc2)CC3=O)N1. The van der Waals surface area contributed by atoms with Crippen LogP contribution in [0.15, 0.2) is 36.4 Å². The predicted octanol–water partition coefficient (Wildman–Crippen LogP) is 2.94. The number of hydrogen-bond donors (Lipinski definition) is 4. The van der Waals surface area contributed by atoms with E-state index in [0.717, 1.165) is 11.6 Å². The summed E-state index contributed by atoms with van der Waals surface area (Å²) in [5, 5.41) is 26.2. The number of ketones is 1. The van der Waals surface area contributed by atoms with Crippen LogP contribution in [0.5, 0.6) is 17.2 Å². The van der Waals surface area contributed by atoms with Crippen LogP contribution in [0.4, 0.5) is 4.79 Å². The summed E-state index contributed by atoms with van der Waals surface area (Å²) in [7, 11) is 0. The lowest BCUT2D eigenvalue weighted by Crippen LogP contribution is -2.35. The highest BCUT2D eigenvalue weighted by atomic mass is 16.5.